The van der Waals surface area contributed by atoms with Crippen molar-refractivity contribution in [2.75, 3.05) is 26.3 Å². The Morgan fingerprint density at radius 1 is 0.611 bits per heavy atom. The van der Waals surface area contributed by atoms with Crippen LogP contribution in [0.3, 0.4) is 0 Å². The van der Waals surface area contributed by atoms with Crippen LogP contribution in [0.2, 0.25) is 0 Å². The third-order valence-corrected chi connectivity index (χ3v) is 13.1. The maximum absolute atomic E-state index is 14.5. The largest absolute Gasteiger partial charge is 0.508 e. The summed E-state index contributed by atoms with van der Waals surface area (Å²) in [6, 6.07) is -4.11. The molecule has 1 aliphatic carbocycles. The molecule has 0 spiro atoms. The number of phenols is 1. The predicted octanol–water partition coefficient (Wildman–Crippen LogP) is -1.98. The number of phenolic OH excluding ortho intramolecular Hbond substituents is 1. The summed E-state index contributed by atoms with van der Waals surface area (Å²) in [5.41, 5.74) is 6.05. The van der Waals surface area contributed by atoms with Crippen molar-refractivity contribution in [1.82, 2.24) is 47.9 Å². The normalized spacial score (nSPS) is 19.8. The highest BCUT2D eigenvalue weighted by Gasteiger charge is 2.41. The molecule has 0 radical (unpaired) electrons. The van der Waals surface area contributed by atoms with E-state index in [-0.39, 0.29) is 48.8 Å². The first kappa shape index (κ1) is 60.4. The Bertz CT molecular complexity index is 2020. The topological polar surface area (TPSA) is 369 Å². The fourth-order valence-electron chi connectivity index (χ4n) is 8.96. The molecule has 0 aromatic heterocycles. The molecule has 2 fully saturated rings. The van der Waals surface area contributed by atoms with Gasteiger partial charge in [0, 0.05) is 12.5 Å². The first-order valence-corrected chi connectivity index (χ1v) is 25.0. The van der Waals surface area contributed by atoms with Crippen molar-refractivity contribution >= 4 is 53.2 Å². The number of carboxylic acids is 1. The van der Waals surface area contributed by atoms with E-state index in [1.807, 2.05) is 13.8 Å². The van der Waals surface area contributed by atoms with Crippen LogP contribution in [0.1, 0.15) is 99.5 Å². The summed E-state index contributed by atoms with van der Waals surface area (Å²) in [5.74, 6) is -9.13. The lowest BCUT2D eigenvalue weighted by Gasteiger charge is -2.32. The van der Waals surface area contributed by atoms with Gasteiger partial charge in [0.05, 0.1) is 19.8 Å². The predicted molar refractivity (Wildman–Crippen MR) is 264 cm³/mol. The van der Waals surface area contributed by atoms with Crippen molar-refractivity contribution in [2.24, 2.45) is 41.2 Å². The van der Waals surface area contributed by atoms with E-state index < -0.39 is 139 Å². The second-order valence-electron chi connectivity index (χ2n) is 20.5. The summed E-state index contributed by atoms with van der Waals surface area (Å²) in [6.07, 6.45) is 4.18. The molecule has 0 bridgehead atoms. The zero-order valence-corrected chi connectivity index (χ0v) is 42.8. The number of amides is 8. The number of benzene rings is 1. The maximum atomic E-state index is 14.5. The average Bonchev–Trinajstić information content (AvgIpc) is 3.73. The van der Waals surface area contributed by atoms with Crippen LogP contribution < -0.4 is 53.6 Å². The van der Waals surface area contributed by atoms with Gasteiger partial charge in [0.1, 0.15) is 54.1 Å². The molecule has 1 aliphatic heterocycles. The van der Waals surface area contributed by atoms with E-state index >= 15 is 0 Å². The Kier molecular flexibility index (Phi) is 24.3. The van der Waals surface area contributed by atoms with Crippen LogP contribution in [0, 0.1) is 35.5 Å². The number of carbonyl (C=O) groups excluding carboxylic acids is 8. The summed E-state index contributed by atoms with van der Waals surface area (Å²) in [5, 5.41) is 62.9. The Hall–Kier alpha value is -5.91. The van der Waals surface area contributed by atoms with E-state index in [9.17, 15) is 58.5 Å². The Balaban J connectivity index is 1.79. The number of aromatic hydroxyl groups is 1. The van der Waals surface area contributed by atoms with Gasteiger partial charge in [-0.1, -0.05) is 80.4 Å². The van der Waals surface area contributed by atoms with Gasteiger partial charge in [-0.2, -0.15) is 0 Å². The van der Waals surface area contributed by atoms with Crippen molar-refractivity contribution in [1.29, 1.82) is 0 Å². The van der Waals surface area contributed by atoms with Gasteiger partial charge in [0.25, 0.3) is 0 Å². The maximum Gasteiger partial charge on any atom is 0.326 e. The van der Waals surface area contributed by atoms with Crippen molar-refractivity contribution in [3.05, 3.63) is 29.8 Å². The molecule has 11 atom stereocenters. The van der Waals surface area contributed by atoms with Gasteiger partial charge in [-0.15, -0.1) is 0 Å². The highest BCUT2D eigenvalue weighted by molar-refractivity contribution is 5.97. The van der Waals surface area contributed by atoms with E-state index in [1.54, 1.807) is 53.7 Å². The van der Waals surface area contributed by atoms with Crippen LogP contribution in [0.4, 0.5) is 0 Å². The number of nitrogens with one attached hydrogen (secondary N) is 9. The Morgan fingerprint density at radius 3 is 1.68 bits per heavy atom. The summed E-state index contributed by atoms with van der Waals surface area (Å²) < 4.78 is 0. The van der Waals surface area contributed by atoms with Gasteiger partial charge in [0.15, 0.2) is 0 Å². The van der Waals surface area contributed by atoms with E-state index in [2.05, 4.69) is 47.9 Å². The molecule has 1 aromatic carbocycles. The number of fused-ring (bicyclic) bond motifs is 1. The molecule has 23 nitrogen and oxygen atoms in total. The minimum Gasteiger partial charge on any atom is -0.508 e. The van der Waals surface area contributed by atoms with Crippen molar-refractivity contribution in [2.45, 2.75) is 155 Å². The second kappa shape index (κ2) is 29.0. The van der Waals surface area contributed by atoms with E-state index in [0.717, 1.165) is 25.7 Å². The van der Waals surface area contributed by atoms with Crippen molar-refractivity contribution in [3.8, 4) is 5.75 Å². The summed E-state index contributed by atoms with van der Waals surface area (Å²) >= 11 is 0. The summed E-state index contributed by atoms with van der Waals surface area (Å²) in [6.45, 7) is 11.9. The SMILES string of the molecule is CC(C)C[C@H](NC(=O)[C@H](Cc1ccc(O)cc1)NC(=O)[C@H](CC1CNC2CCCCC12)NC(=O)[C@@H](NC(=O)CNC(=O)[C@@H](NC(=O)[C@@H](NC(=O)[C@H](CO)NC(=O)[C@@H](N)CO)C(C)C)C(C)C)C(C)C)C(=O)O. The molecular formula is C49H80N10O13. The third kappa shape index (κ3) is 18.6. The zero-order chi connectivity index (χ0) is 54.0. The number of aliphatic carboxylic acids is 1. The van der Waals surface area contributed by atoms with E-state index in [0.29, 0.717) is 12.1 Å². The van der Waals surface area contributed by atoms with Gasteiger partial charge in [-0.3, -0.25) is 38.4 Å². The number of hydrogen-bond acceptors (Lipinski definition) is 14. The van der Waals surface area contributed by atoms with Crippen molar-refractivity contribution in [3.63, 3.8) is 0 Å². The third-order valence-electron chi connectivity index (χ3n) is 13.1. The molecule has 23 heteroatoms. The molecular weight excluding hydrogens is 937 g/mol. The number of carbonyl (C=O) groups is 9. The number of carboxylic acid groups (broad SMARTS) is 1. The number of nitrogens with two attached hydrogens (primary N) is 1. The molecule has 15 N–H and O–H groups in total. The van der Waals surface area contributed by atoms with Crippen LogP contribution in [0.15, 0.2) is 24.3 Å². The van der Waals surface area contributed by atoms with Crippen LogP contribution in [0.25, 0.3) is 0 Å². The molecule has 1 heterocycles. The Morgan fingerprint density at radius 2 is 1.11 bits per heavy atom. The molecule has 8 amide bonds. The lowest BCUT2D eigenvalue weighted by atomic mass is 9.77. The number of aliphatic hydroxyl groups excluding tert-OH is 2. The molecule has 404 valence electrons. The molecule has 1 saturated carbocycles. The van der Waals surface area contributed by atoms with Gasteiger partial charge in [0.2, 0.25) is 47.3 Å². The van der Waals surface area contributed by atoms with Crippen LogP contribution in [0.5, 0.6) is 5.75 Å². The molecule has 3 unspecified atom stereocenters. The fourth-order valence-corrected chi connectivity index (χ4v) is 8.96. The lowest BCUT2D eigenvalue weighted by molar-refractivity contribution is -0.143. The molecule has 72 heavy (non-hydrogen) atoms. The molecule has 1 saturated heterocycles. The van der Waals surface area contributed by atoms with Crippen LogP contribution >= 0.6 is 0 Å². The first-order valence-electron chi connectivity index (χ1n) is 25.0. The first-order chi connectivity index (χ1) is 33.9. The number of rotatable bonds is 28. The van der Waals surface area contributed by atoms with Crippen LogP contribution in [-0.2, 0) is 49.6 Å². The number of aliphatic hydroxyl groups is 2. The Labute approximate surface area is 421 Å². The quantitative estimate of drug-likeness (QED) is 0.0433. The van der Waals surface area contributed by atoms with Crippen molar-refractivity contribution < 1.29 is 63.6 Å². The van der Waals surface area contributed by atoms with Gasteiger partial charge in [-0.25, -0.2) is 4.79 Å². The minimum atomic E-state index is -1.51. The van der Waals surface area contributed by atoms with Gasteiger partial charge < -0.3 is 74.0 Å². The molecule has 1 aromatic rings. The monoisotopic (exact) mass is 1020 g/mol. The smallest absolute Gasteiger partial charge is 0.326 e. The van der Waals surface area contributed by atoms with E-state index in [4.69, 9.17) is 10.8 Å². The summed E-state index contributed by atoms with van der Waals surface area (Å²) in [7, 11) is 0. The van der Waals surface area contributed by atoms with Gasteiger partial charge in [-0.05, 0) is 85.4 Å². The van der Waals surface area contributed by atoms with E-state index in [1.165, 1.54) is 12.1 Å². The standard InChI is InChI=1S/C49H80N10O13/c1-24(2)17-36(49(71)72)55-43(65)34(18-28-13-15-30(62)16-14-28)53-44(66)35(19-29-20-51-33-12-10-9-11-31(29)33)54-47(69)40(26(5)6)57-38(63)21-52-46(68)39(25(3)4)59-48(70)41(27(7)8)58-45(67)37(23-61)56-42(64)32(50)22-60/h13-16,24-27,29,31-37,39-41,51,60-62H,9-12,17-23,50H2,1-8H3,(H,52,68)(H,53,66)(H,54,69)(H,55,65)(H,56,64)(H,57,63)(H,58,67)(H,59,70)(H,71,72)/t29?,31?,32-,33?,34-,35-,36-,37-,39-,40-,41-/m0/s1. The second-order valence-corrected chi connectivity index (χ2v) is 20.5. The minimum absolute atomic E-state index is 0.0229. The highest BCUT2D eigenvalue weighted by Crippen LogP contribution is 2.37. The number of hydrogen-bond donors (Lipinski definition) is 14. The zero-order valence-electron chi connectivity index (χ0n) is 42.8. The summed E-state index contributed by atoms with van der Waals surface area (Å²) in [4.78, 5) is 121. The van der Waals surface area contributed by atoms with Gasteiger partial charge >= 0.3 is 5.97 Å². The molecule has 2 aliphatic rings. The highest BCUT2D eigenvalue weighted by atomic mass is 16.4. The molecule has 3 rings (SSSR count). The fraction of sp³-hybridized carbons (Fsp3) is 0.694. The van der Waals surface area contributed by atoms with Crippen LogP contribution in [-0.4, -0.2) is 154 Å². The lowest BCUT2D eigenvalue weighted by Crippen LogP contribution is -2.61. The average molecular weight is 1020 g/mol.